The number of hydrogen-bond donors (Lipinski definition) is 1. The largest absolute Gasteiger partial charge is 0.379 e. The van der Waals surface area contributed by atoms with Gasteiger partial charge in [-0.15, -0.1) is 0 Å². The number of carbonyl (C=O) groups is 1. The van der Waals surface area contributed by atoms with Crippen LogP contribution < -0.4 is 5.32 Å². The Morgan fingerprint density at radius 1 is 1.50 bits per heavy atom. The maximum absolute atomic E-state index is 11.9. The van der Waals surface area contributed by atoms with Crippen LogP contribution in [0.2, 0.25) is 0 Å². The molecule has 0 aromatic heterocycles. The lowest BCUT2D eigenvalue weighted by Gasteiger charge is -2.23. The van der Waals surface area contributed by atoms with E-state index in [-0.39, 0.29) is 11.9 Å². The number of carbonyl (C=O) groups excluding carboxylic acids is 1. The van der Waals surface area contributed by atoms with Crippen molar-refractivity contribution in [1.29, 1.82) is 0 Å². The van der Waals surface area contributed by atoms with E-state index < -0.39 is 0 Å². The Morgan fingerprint density at radius 3 is 3.06 bits per heavy atom. The number of hydrogen-bond acceptors (Lipinski definition) is 2. The Labute approximate surface area is 103 Å². The molecule has 0 radical (unpaired) electrons. The molecule has 1 unspecified atom stereocenters. The molecule has 0 aliphatic carbocycles. The molecule has 86 valence electrons. The third kappa shape index (κ3) is 3.06. The Morgan fingerprint density at radius 2 is 2.38 bits per heavy atom. The van der Waals surface area contributed by atoms with Gasteiger partial charge in [-0.2, -0.15) is 0 Å². The van der Waals surface area contributed by atoms with E-state index in [0.29, 0.717) is 12.2 Å². The van der Waals surface area contributed by atoms with Crippen molar-refractivity contribution >= 4 is 21.8 Å². The van der Waals surface area contributed by atoms with Gasteiger partial charge in [0, 0.05) is 16.6 Å². The van der Waals surface area contributed by atoms with E-state index in [1.807, 2.05) is 24.3 Å². The van der Waals surface area contributed by atoms with E-state index in [1.54, 1.807) is 0 Å². The van der Waals surface area contributed by atoms with Gasteiger partial charge in [0.15, 0.2) is 0 Å². The van der Waals surface area contributed by atoms with Crippen molar-refractivity contribution < 1.29 is 9.53 Å². The van der Waals surface area contributed by atoms with E-state index in [4.69, 9.17) is 4.74 Å². The molecule has 1 N–H and O–H groups in total. The highest BCUT2D eigenvalue weighted by atomic mass is 79.9. The zero-order valence-electron chi connectivity index (χ0n) is 8.91. The smallest absolute Gasteiger partial charge is 0.251 e. The van der Waals surface area contributed by atoms with Gasteiger partial charge < -0.3 is 10.1 Å². The molecule has 4 heteroatoms. The first-order valence-corrected chi connectivity index (χ1v) is 6.19. The molecule has 0 spiro atoms. The van der Waals surface area contributed by atoms with E-state index >= 15 is 0 Å². The van der Waals surface area contributed by atoms with E-state index in [1.165, 1.54) is 0 Å². The van der Waals surface area contributed by atoms with Crippen LogP contribution in [-0.4, -0.2) is 25.2 Å². The van der Waals surface area contributed by atoms with Crippen LogP contribution in [0.4, 0.5) is 0 Å². The number of halogens is 1. The van der Waals surface area contributed by atoms with Crippen LogP contribution in [0.15, 0.2) is 28.7 Å². The van der Waals surface area contributed by atoms with Gasteiger partial charge in [-0.05, 0) is 31.0 Å². The van der Waals surface area contributed by atoms with Crippen molar-refractivity contribution in [3.8, 4) is 0 Å². The molecule has 0 bridgehead atoms. The normalized spacial score (nSPS) is 20.4. The highest BCUT2D eigenvalue weighted by molar-refractivity contribution is 9.10. The van der Waals surface area contributed by atoms with Crippen molar-refractivity contribution in [1.82, 2.24) is 5.32 Å². The lowest BCUT2D eigenvalue weighted by molar-refractivity contribution is 0.0624. The van der Waals surface area contributed by atoms with E-state index in [0.717, 1.165) is 23.9 Å². The fourth-order valence-electron chi connectivity index (χ4n) is 1.75. The summed E-state index contributed by atoms with van der Waals surface area (Å²) in [5, 5.41) is 2.98. The van der Waals surface area contributed by atoms with Crippen LogP contribution >= 0.6 is 15.9 Å². The average molecular weight is 284 g/mol. The van der Waals surface area contributed by atoms with Gasteiger partial charge in [-0.25, -0.2) is 0 Å². The molecule has 1 aliphatic heterocycles. The monoisotopic (exact) mass is 283 g/mol. The highest BCUT2D eigenvalue weighted by Crippen LogP contribution is 2.12. The van der Waals surface area contributed by atoms with Crippen molar-refractivity contribution in [3.63, 3.8) is 0 Å². The molecule has 1 fully saturated rings. The molecular formula is C12H14BrNO2. The maximum atomic E-state index is 11.9. The standard InChI is InChI=1S/C12H14BrNO2/c13-10-4-1-3-9(7-10)12(15)14-11-5-2-6-16-8-11/h1,3-4,7,11H,2,5-6,8H2,(H,14,15). The Kier molecular flexibility index (Phi) is 3.96. The topological polar surface area (TPSA) is 38.3 Å². The minimum absolute atomic E-state index is 0.0307. The maximum Gasteiger partial charge on any atom is 0.251 e. The Hall–Kier alpha value is -0.870. The summed E-state index contributed by atoms with van der Waals surface area (Å²) >= 11 is 3.35. The van der Waals surface area contributed by atoms with Gasteiger partial charge >= 0.3 is 0 Å². The number of benzene rings is 1. The molecule has 2 rings (SSSR count). The van der Waals surface area contributed by atoms with Crippen LogP contribution in [-0.2, 0) is 4.74 Å². The predicted molar refractivity (Wildman–Crippen MR) is 65.4 cm³/mol. The third-order valence-electron chi connectivity index (χ3n) is 2.58. The quantitative estimate of drug-likeness (QED) is 0.905. The lowest BCUT2D eigenvalue weighted by atomic mass is 10.1. The average Bonchev–Trinajstić information content (AvgIpc) is 2.30. The SMILES string of the molecule is O=C(NC1CCCOC1)c1cccc(Br)c1. The molecule has 1 aromatic rings. The second kappa shape index (κ2) is 5.46. The summed E-state index contributed by atoms with van der Waals surface area (Å²) in [5.41, 5.74) is 0.681. The number of ether oxygens (including phenoxy) is 1. The molecule has 1 heterocycles. The van der Waals surface area contributed by atoms with Gasteiger partial charge in [-0.1, -0.05) is 22.0 Å². The minimum Gasteiger partial charge on any atom is -0.379 e. The lowest BCUT2D eigenvalue weighted by Crippen LogP contribution is -2.40. The van der Waals surface area contributed by atoms with Crippen molar-refractivity contribution in [2.45, 2.75) is 18.9 Å². The van der Waals surface area contributed by atoms with Crippen LogP contribution in [0, 0.1) is 0 Å². The van der Waals surface area contributed by atoms with Gasteiger partial charge in [0.25, 0.3) is 5.91 Å². The summed E-state index contributed by atoms with van der Waals surface area (Å²) in [4.78, 5) is 11.9. The Balaban J connectivity index is 1.97. The molecule has 16 heavy (non-hydrogen) atoms. The predicted octanol–water partition coefficient (Wildman–Crippen LogP) is 2.36. The van der Waals surface area contributed by atoms with Gasteiger partial charge in [0.1, 0.15) is 0 Å². The van der Waals surface area contributed by atoms with Crippen LogP contribution in [0.1, 0.15) is 23.2 Å². The second-order valence-electron chi connectivity index (χ2n) is 3.90. The van der Waals surface area contributed by atoms with Crippen molar-refractivity contribution in [2.75, 3.05) is 13.2 Å². The number of amides is 1. The van der Waals surface area contributed by atoms with Crippen LogP contribution in [0.3, 0.4) is 0 Å². The molecule has 1 atom stereocenters. The number of nitrogens with one attached hydrogen (secondary N) is 1. The molecule has 0 saturated carbocycles. The summed E-state index contributed by atoms with van der Waals surface area (Å²) < 4.78 is 6.24. The van der Waals surface area contributed by atoms with Crippen molar-refractivity contribution in [3.05, 3.63) is 34.3 Å². The fourth-order valence-corrected chi connectivity index (χ4v) is 2.15. The fraction of sp³-hybridized carbons (Fsp3) is 0.417. The summed E-state index contributed by atoms with van der Waals surface area (Å²) in [6.45, 7) is 1.43. The molecule has 3 nitrogen and oxygen atoms in total. The van der Waals surface area contributed by atoms with E-state index in [2.05, 4.69) is 21.2 Å². The van der Waals surface area contributed by atoms with Crippen LogP contribution in [0.25, 0.3) is 0 Å². The summed E-state index contributed by atoms with van der Waals surface area (Å²) in [6.07, 6.45) is 2.02. The van der Waals surface area contributed by atoms with Crippen molar-refractivity contribution in [2.24, 2.45) is 0 Å². The second-order valence-corrected chi connectivity index (χ2v) is 4.81. The first-order chi connectivity index (χ1) is 7.75. The first kappa shape index (κ1) is 11.6. The van der Waals surface area contributed by atoms with Gasteiger partial charge in [0.05, 0.1) is 12.6 Å². The third-order valence-corrected chi connectivity index (χ3v) is 3.08. The Bertz CT molecular complexity index is 375. The summed E-state index contributed by atoms with van der Waals surface area (Å²) in [6, 6.07) is 7.54. The first-order valence-electron chi connectivity index (χ1n) is 5.40. The van der Waals surface area contributed by atoms with Crippen LogP contribution in [0.5, 0.6) is 0 Å². The summed E-state index contributed by atoms with van der Waals surface area (Å²) in [5.74, 6) is -0.0307. The molecule has 1 aliphatic rings. The zero-order chi connectivity index (χ0) is 11.4. The summed E-state index contributed by atoms with van der Waals surface area (Å²) in [7, 11) is 0. The molecular weight excluding hydrogens is 270 g/mol. The number of rotatable bonds is 2. The zero-order valence-corrected chi connectivity index (χ0v) is 10.5. The van der Waals surface area contributed by atoms with E-state index in [9.17, 15) is 4.79 Å². The molecule has 1 amide bonds. The highest BCUT2D eigenvalue weighted by Gasteiger charge is 2.16. The molecule has 1 saturated heterocycles. The molecule has 1 aromatic carbocycles. The van der Waals surface area contributed by atoms with Gasteiger partial charge in [-0.3, -0.25) is 4.79 Å². The minimum atomic E-state index is -0.0307. The van der Waals surface area contributed by atoms with Gasteiger partial charge in [0.2, 0.25) is 0 Å².